The molecule has 0 spiro atoms. The van der Waals surface area contributed by atoms with Crippen molar-refractivity contribution in [3.63, 3.8) is 0 Å². The Balaban J connectivity index is 1.87. The van der Waals surface area contributed by atoms with Gasteiger partial charge in [-0.25, -0.2) is 0 Å². The molecule has 82 valence electrons. The fourth-order valence-corrected chi connectivity index (χ4v) is 2.48. The molecule has 0 saturated heterocycles. The molecule has 0 aromatic heterocycles. The molecule has 0 saturated carbocycles. The van der Waals surface area contributed by atoms with Gasteiger partial charge in [0.1, 0.15) is 5.75 Å². The van der Waals surface area contributed by atoms with E-state index < -0.39 is 0 Å². The summed E-state index contributed by atoms with van der Waals surface area (Å²) in [5.74, 6) is 2.22. The van der Waals surface area contributed by atoms with Crippen LogP contribution in [0.15, 0.2) is 54.6 Å². The average Bonchev–Trinajstić information content (AvgIpc) is 2.33. The van der Waals surface area contributed by atoms with E-state index in [1.807, 2.05) is 36.0 Å². The van der Waals surface area contributed by atoms with E-state index in [0.29, 0.717) is 5.75 Å². The maximum absolute atomic E-state index is 9.59. The van der Waals surface area contributed by atoms with Crippen molar-refractivity contribution in [3.05, 3.63) is 65.7 Å². The molecule has 2 heteroatoms. The first-order valence-electron chi connectivity index (χ1n) is 5.25. The van der Waals surface area contributed by atoms with Gasteiger partial charge in [0.2, 0.25) is 0 Å². The van der Waals surface area contributed by atoms with Crippen molar-refractivity contribution in [1.82, 2.24) is 0 Å². The van der Waals surface area contributed by atoms with E-state index in [4.69, 9.17) is 0 Å². The van der Waals surface area contributed by atoms with Gasteiger partial charge in [-0.3, -0.25) is 0 Å². The van der Waals surface area contributed by atoms with Crippen molar-refractivity contribution in [3.8, 4) is 5.75 Å². The topological polar surface area (TPSA) is 20.2 Å². The molecule has 1 N–H and O–H groups in total. The van der Waals surface area contributed by atoms with Crippen molar-refractivity contribution in [2.75, 3.05) is 0 Å². The summed E-state index contributed by atoms with van der Waals surface area (Å²) in [4.78, 5) is 0. The van der Waals surface area contributed by atoms with Gasteiger partial charge < -0.3 is 5.11 Å². The van der Waals surface area contributed by atoms with E-state index in [9.17, 15) is 5.11 Å². The van der Waals surface area contributed by atoms with E-state index in [0.717, 1.165) is 17.1 Å². The fraction of sp³-hybridized carbons (Fsp3) is 0.143. The summed E-state index contributed by atoms with van der Waals surface area (Å²) in [5, 5.41) is 9.59. The third-order valence-electron chi connectivity index (χ3n) is 2.36. The van der Waals surface area contributed by atoms with Crippen molar-refractivity contribution in [1.29, 1.82) is 0 Å². The van der Waals surface area contributed by atoms with Crippen LogP contribution in [-0.2, 0) is 11.5 Å². The van der Waals surface area contributed by atoms with Crippen LogP contribution >= 0.6 is 11.8 Å². The highest BCUT2D eigenvalue weighted by Crippen LogP contribution is 2.23. The first-order chi connectivity index (χ1) is 7.86. The minimum absolute atomic E-state index is 0.392. The van der Waals surface area contributed by atoms with Crippen LogP contribution in [0.1, 0.15) is 11.1 Å². The second-order valence-corrected chi connectivity index (χ2v) is 4.59. The van der Waals surface area contributed by atoms with Crippen LogP contribution in [0.25, 0.3) is 0 Å². The molecular weight excluding hydrogens is 216 g/mol. The maximum atomic E-state index is 9.59. The van der Waals surface area contributed by atoms with E-state index >= 15 is 0 Å². The number of aromatic hydroxyl groups is 1. The largest absolute Gasteiger partial charge is 0.508 e. The Hall–Kier alpha value is -1.41. The van der Waals surface area contributed by atoms with Crippen molar-refractivity contribution in [2.24, 2.45) is 0 Å². The number of phenols is 1. The van der Waals surface area contributed by atoms with Crippen molar-refractivity contribution < 1.29 is 5.11 Å². The lowest BCUT2D eigenvalue weighted by Gasteiger charge is -2.04. The van der Waals surface area contributed by atoms with Crippen LogP contribution in [0.4, 0.5) is 0 Å². The summed E-state index contributed by atoms with van der Waals surface area (Å²) in [7, 11) is 0. The average molecular weight is 230 g/mol. The van der Waals surface area contributed by atoms with Crippen molar-refractivity contribution in [2.45, 2.75) is 11.5 Å². The molecule has 16 heavy (non-hydrogen) atoms. The lowest BCUT2D eigenvalue weighted by Crippen LogP contribution is -1.83. The zero-order chi connectivity index (χ0) is 11.2. The molecule has 0 radical (unpaired) electrons. The van der Waals surface area contributed by atoms with Gasteiger partial charge in [0.05, 0.1) is 0 Å². The molecule has 0 aliphatic heterocycles. The minimum atomic E-state index is 0.392. The molecule has 0 fully saturated rings. The molecule has 0 atom stereocenters. The second-order valence-electron chi connectivity index (χ2n) is 3.61. The Labute approximate surface area is 100 Å². The minimum Gasteiger partial charge on any atom is -0.508 e. The molecule has 2 rings (SSSR count). The zero-order valence-electron chi connectivity index (χ0n) is 8.97. The molecule has 0 unspecified atom stereocenters. The highest BCUT2D eigenvalue weighted by Gasteiger charge is 1.99. The molecule has 2 aromatic rings. The normalized spacial score (nSPS) is 10.2. The highest BCUT2D eigenvalue weighted by molar-refractivity contribution is 7.97. The number of benzene rings is 2. The summed E-state index contributed by atoms with van der Waals surface area (Å²) in [6.45, 7) is 0. The van der Waals surface area contributed by atoms with Gasteiger partial charge in [0.15, 0.2) is 0 Å². The molecule has 0 heterocycles. The first kappa shape index (κ1) is 11.1. The molecular formula is C14H14OS. The summed E-state index contributed by atoms with van der Waals surface area (Å²) in [6.07, 6.45) is 0. The number of para-hydroxylation sites is 1. The van der Waals surface area contributed by atoms with Crippen LogP contribution in [0.2, 0.25) is 0 Å². The molecule has 0 amide bonds. The zero-order valence-corrected chi connectivity index (χ0v) is 9.78. The highest BCUT2D eigenvalue weighted by atomic mass is 32.2. The van der Waals surface area contributed by atoms with E-state index in [1.54, 1.807) is 6.07 Å². The van der Waals surface area contributed by atoms with Crippen LogP contribution in [0, 0.1) is 0 Å². The van der Waals surface area contributed by atoms with Gasteiger partial charge in [-0.05, 0) is 11.6 Å². The molecule has 0 aliphatic carbocycles. The summed E-state index contributed by atoms with van der Waals surface area (Å²) >= 11 is 1.81. The van der Waals surface area contributed by atoms with Crippen LogP contribution in [0.5, 0.6) is 5.75 Å². The fourth-order valence-electron chi connectivity index (χ4n) is 1.49. The van der Waals surface area contributed by atoms with Crippen molar-refractivity contribution >= 4 is 11.8 Å². The molecule has 0 aliphatic rings. The second kappa shape index (κ2) is 5.61. The van der Waals surface area contributed by atoms with Crippen LogP contribution in [0.3, 0.4) is 0 Å². The summed E-state index contributed by atoms with van der Waals surface area (Å²) < 4.78 is 0. The first-order valence-corrected chi connectivity index (χ1v) is 6.40. The van der Waals surface area contributed by atoms with Gasteiger partial charge in [0, 0.05) is 17.1 Å². The van der Waals surface area contributed by atoms with E-state index in [2.05, 4.69) is 24.3 Å². The Bertz CT molecular complexity index is 439. The summed E-state index contributed by atoms with van der Waals surface area (Å²) in [5.41, 5.74) is 2.33. The third-order valence-corrected chi connectivity index (χ3v) is 3.41. The predicted octanol–water partition coefficient (Wildman–Crippen LogP) is 3.83. The third kappa shape index (κ3) is 3.04. The number of phenolic OH excluding ortho intramolecular Hbond substituents is 1. The van der Waals surface area contributed by atoms with E-state index in [1.165, 1.54) is 5.56 Å². The van der Waals surface area contributed by atoms with Gasteiger partial charge in [-0.2, -0.15) is 11.8 Å². The van der Waals surface area contributed by atoms with Crippen LogP contribution in [-0.4, -0.2) is 5.11 Å². The standard InChI is InChI=1S/C14H14OS/c15-14-9-5-4-8-13(14)11-16-10-12-6-2-1-3-7-12/h1-9,15H,10-11H2. The van der Waals surface area contributed by atoms with Gasteiger partial charge in [-0.1, -0.05) is 48.5 Å². The van der Waals surface area contributed by atoms with Gasteiger partial charge >= 0.3 is 0 Å². The predicted molar refractivity (Wildman–Crippen MR) is 69.5 cm³/mol. The summed E-state index contributed by atoms with van der Waals surface area (Å²) in [6, 6.07) is 17.9. The number of rotatable bonds is 4. The lowest BCUT2D eigenvalue weighted by atomic mass is 10.2. The number of thioether (sulfide) groups is 1. The van der Waals surface area contributed by atoms with Crippen LogP contribution < -0.4 is 0 Å². The molecule has 0 bridgehead atoms. The smallest absolute Gasteiger partial charge is 0.119 e. The Morgan fingerprint density at radius 2 is 1.50 bits per heavy atom. The monoisotopic (exact) mass is 230 g/mol. The number of hydrogen-bond donors (Lipinski definition) is 1. The quantitative estimate of drug-likeness (QED) is 0.861. The molecule has 2 aromatic carbocycles. The number of hydrogen-bond acceptors (Lipinski definition) is 2. The van der Waals surface area contributed by atoms with E-state index in [-0.39, 0.29) is 0 Å². The Morgan fingerprint density at radius 3 is 2.25 bits per heavy atom. The molecule has 1 nitrogen and oxygen atoms in total. The maximum Gasteiger partial charge on any atom is 0.119 e. The Morgan fingerprint density at radius 1 is 0.812 bits per heavy atom. The van der Waals surface area contributed by atoms with Gasteiger partial charge in [-0.15, -0.1) is 0 Å². The van der Waals surface area contributed by atoms with Gasteiger partial charge in [0.25, 0.3) is 0 Å². The Kier molecular flexibility index (Phi) is 3.89. The SMILES string of the molecule is Oc1ccccc1CSCc1ccccc1. The lowest BCUT2D eigenvalue weighted by molar-refractivity contribution is 0.470.